The van der Waals surface area contributed by atoms with Gasteiger partial charge in [-0.3, -0.25) is 13.9 Å². The maximum atomic E-state index is 13.3. The van der Waals surface area contributed by atoms with E-state index < -0.39 is 28.8 Å². The van der Waals surface area contributed by atoms with Crippen LogP contribution in [-0.4, -0.2) is 53.0 Å². The lowest BCUT2D eigenvalue weighted by molar-refractivity contribution is -0.138. The fourth-order valence-electron chi connectivity index (χ4n) is 3.67. The predicted molar refractivity (Wildman–Crippen MR) is 118 cm³/mol. The highest BCUT2D eigenvalue weighted by Gasteiger charge is 2.34. The average molecular weight is 531 g/mol. The van der Waals surface area contributed by atoms with Gasteiger partial charge in [0.15, 0.2) is 17.0 Å². The number of tetrazole rings is 1. The smallest absolute Gasteiger partial charge is 0.383 e. The van der Waals surface area contributed by atoms with Gasteiger partial charge in [-0.05, 0) is 40.9 Å². The highest BCUT2D eigenvalue weighted by atomic mass is 35.5. The summed E-state index contributed by atoms with van der Waals surface area (Å²) in [6.07, 6.45) is -4.82. The van der Waals surface area contributed by atoms with E-state index in [1.807, 2.05) is 0 Å². The van der Waals surface area contributed by atoms with Gasteiger partial charge in [-0.25, -0.2) is 9.18 Å². The number of aryl methyl sites for hydroxylation is 1. The minimum Gasteiger partial charge on any atom is -0.383 e. The van der Waals surface area contributed by atoms with Crippen molar-refractivity contribution in [1.29, 1.82) is 0 Å². The number of hydrogen-bond donors (Lipinski definition) is 1. The Morgan fingerprint density at radius 3 is 2.64 bits per heavy atom. The molecule has 16 heteroatoms. The van der Waals surface area contributed by atoms with Crippen molar-refractivity contribution in [1.82, 2.24) is 39.3 Å². The Morgan fingerprint density at radius 1 is 1.14 bits per heavy atom. The quantitative estimate of drug-likeness (QED) is 0.259. The molecule has 4 rings (SSSR count). The van der Waals surface area contributed by atoms with Crippen molar-refractivity contribution in [2.75, 3.05) is 13.7 Å². The second-order valence-electron chi connectivity index (χ2n) is 7.74. The number of halogens is 5. The zero-order valence-corrected chi connectivity index (χ0v) is 19.5. The summed E-state index contributed by atoms with van der Waals surface area (Å²) >= 11 is 5.88. The molecule has 0 aliphatic carbocycles. The Bertz CT molecular complexity index is 1510. The number of imidazole rings is 1. The van der Waals surface area contributed by atoms with Gasteiger partial charge in [-0.2, -0.15) is 23.0 Å². The molecule has 0 bridgehead atoms. The molecule has 3 heterocycles. The number of nitrogens with one attached hydrogen (secondary N) is 1. The molecule has 0 spiro atoms. The first kappa shape index (κ1) is 25.5. The fraction of sp³-hybridized carbons (Fsp3) is 0.400. The van der Waals surface area contributed by atoms with Crippen LogP contribution in [0.1, 0.15) is 23.4 Å². The zero-order valence-electron chi connectivity index (χ0n) is 18.7. The maximum Gasteiger partial charge on any atom is 0.416 e. The van der Waals surface area contributed by atoms with Crippen molar-refractivity contribution in [3.63, 3.8) is 0 Å². The maximum absolute atomic E-state index is 13.3. The molecular weight excluding hydrogens is 512 g/mol. The van der Waals surface area contributed by atoms with Crippen LogP contribution < -0.4 is 11.2 Å². The van der Waals surface area contributed by atoms with Gasteiger partial charge >= 0.3 is 11.9 Å². The second-order valence-corrected chi connectivity index (χ2v) is 8.10. The number of ether oxygens (including phenoxy) is 1. The molecule has 3 aromatic heterocycles. The first-order valence-electron chi connectivity index (χ1n) is 10.6. The summed E-state index contributed by atoms with van der Waals surface area (Å²) in [6, 6.07) is 2.37. The summed E-state index contributed by atoms with van der Waals surface area (Å²) in [7, 11) is 1.47. The van der Waals surface area contributed by atoms with Gasteiger partial charge in [-0.1, -0.05) is 6.07 Å². The van der Waals surface area contributed by atoms with Crippen molar-refractivity contribution in [3.8, 4) is 0 Å². The molecule has 0 aliphatic heterocycles. The molecule has 36 heavy (non-hydrogen) atoms. The number of rotatable bonds is 9. The molecule has 1 N–H and O–H groups in total. The Labute approximate surface area is 204 Å². The van der Waals surface area contributed by atoms with Crippen LogP contribution in [0.25, 0.3) is 11.2 Å². The Morgan fingerprint density at radius 2 is 1.92 bits per heavy atom. The van der Waals surface area contributed by atoms with Gasteiger partial charge in [-0.15, -0.1) is 10.2 Å². The number of hydrogen-bond acceptors (Lipinski definition) is 7. The van der Waals surface area contributed by atoms with E-state index in [1.165, 1.54) is 11.7 Å². The number of H-pyrrole nitrogens is 1. The van der Waals surface area contributed by atoms with Gasteiger partial charge in [0.05, 0.1) is 25.3 Å². The number of aromatic nitrogens is 8. The zero-order chi connectivity index (χ0) is 26.0. The van der Waals surface area contributed by atoms with Gasteiger partial charge in [0.1, 0.15) is 5.82 Å². The van der Waals surface area contributed by atoms with Crippen LogP contribution >= 0.6 is 11.6 Å². The van der Waals surface area contributed by atoms with Gasteiger partial charge < -0.3 is 9.72 Å². The largest absolute Gasteiger partial charge is 0.416 e. The molecule has 11 nitrogen and oxygen atoms in total. The molecule has 1 aromatic carbocycles. The fourth-order valence-corrected chi connectivity index (χ4v) is 3.84. The number of aromatic amines is 1. The molecule has 4 aromatic rings. The Kier molecular flexibility index (Phi) is 7.21. The number of benzene rings is 1. The van der Waals surface area contributed by atoms with Crippen LogP contribution in [0.2, 0.25) is 5.28 Å². The van der Waals surface area contributed by atoms with E-state index in [0.717, 1.165) is 21.5 Å². The monoisotopic (exact) mass is 530 g/mol. The summed E-state index contributed by atoms with van der Waals surface area (Å²) in [5, 5.41) is 11.6. The predicted octanol–water partition coefficient (Wildman–Crippen LogP) is 2.01. The normalized spacial score (nSPS) is 12.1. The lowest BCUT2D eigenvalue weighted by Crippen LogP contribution is -2.41. The average Bonchev–Trinajstić information content (AvgIpc) is 3.43. The lowest BCUT2D eigenvalue weighted by Gasteiger charge is -2.11. The highest BCUT2D eigenvalue weighted by molar-refractivity contribution is 6.28. The van der Waals surface area contributed by atoms with E-state index in [-0.39, 0.29) is 66.9 Å². The topological polar surface area (TPSA) is 126 Å². The number of alkyl halides is 3. The lowest BCUT2D eigenvalue weighted by atomic mass is 10.0. The molecule has 0 amide bonds. The van der Waals surface area contributed by atoms with Crippen LogP contribution in [0, 0.1) is 5.82 Å². The summed E-state index contributed by atoms with van der Waals surface area (Å²) < 4.78 is 60.3. The van der Waals surface area contributed by atoms with E-state index in [2.05, 4.69) is 25.4 Å². The van der Waals surface area contributed by atoms with E-state index in [1.54, 1.807) is 0 Å². The molecule has 0 saturated heterocycles. The second kappa shape index (κ2) is 10.2. The molecule has 192 valence electrons. The Hall–Kier alpha value is -3.59. The molecule has 0 saturated carbocycles. The highest BCUT2D eigenvalue weighted by Crippen LogP contribution is 2.33. The molecule has 0 unspecified atom stereocenters. The molecule has 0 aliphatic rings. The summed E-state index contributed by atoms with van der Waals surface area (Å²) in [5.74, 6) is -1.01. The molecular formula is C20H19ClF4N8O3. The van der Waals surface area contributed by atoms with E-state index in [4.69, 9.17) is 16.3 Å². The SMILES string of the molecule is COCCn1c(=O)n(CCCn2nnc(Cc3ccc(F)cc3C(F)(F)F)n2)c(=O)c2[nH]c(Cl)nc21. The summed E-state index contributed by atoms with van der Waals surface area (Å²) in [5.41, 5.74) is -2.33. The first-order valence-corrected chi connectivity index (χ1v) is 11.0. The van der Waals surface area contributed by atoms with Crippen LogP contribution in [0.4, 0.5) is 17.6 Å². The first-order chi connectivity index (χ1) is 17.1. The van der Waals surface area contributed by atoms with Gasteiger partial charge in [0, 0.05) is 20.1 Å². The van der Waals surface area contributed by atoms with Crippen LogP contribution in [0.3, 0.4) is 0 Å². The third-order valence-corrected chi connectivity index (χ3v) is 5.49. The number of methoxy groups -OCH3 is 1. The van der Waals surface area contributed by atoms with Crippen molar-refractivity contribution in [2.24, 2.45) is 0 Å². The Balaban J connectivity index is 1.49. The van der Waals surface area contributed by atoms with E-state index in [0.29, 0.717) is 6.07 Å². The van der Waals surface area contributed by atoms with Crippen molar-refractivity contribution >= 4 is 22.8 Å². The molecule has 0 fully saturated rings. The van der Waals surface area contributed by atoms with Crippen molar-refractivity contribution in [3.05, 3.63) is 67.1 Å². The van der Waals surface area contributed by atoms with Crippen LogP contribution in [0.5, 0.6) is 0 Å². The standard InChI is InChI=1S/C20H19ClF4N8O3/c1-36-8-7-31-16-15(26-18(21)27-16)17(34)32(19(31)35)5-2-6-33-29-14(28-30-33)9-11-3-4-12(22)10-13(11)20(23,24)25/h3-4,10H,2,5-9H2,1H3,(H,26,27). The van der Waals surface area contributed by atoms with Crippen LogP contribution in [0.15, 0.2) is 27.8 Å². The summed E-state index contributed by atoms with van der Waals surface area (Å²) in [4.78, 5) is 33.5. The van der Waals surface area contributed by atoms with E-state index in [9.17, 15) is 27.2 Å². The molecule has 0 radical (unpaired) electrons. The minimum atomic E-state index is -4.74. The van der Waals surface area contributed by atoms with E-state index >= 15 is 0 Å². The van der Waals surface area contributed by atoms with Crippen molar-refractivity contribution < 1.29 is 22.3 Å². The van der Waals surface area contributed by atoms with Gasteiger partial charge in [0.2, 0.25) is 5.28 Å². The minimum absolute atomic E-state index is 0.000261. The third-order valence-electron chi connectivity index (χ3n) is 5.31. The third kappa shape index (κ3) is 5.31. The number of nitrogens with zero attached hydrogens (tertiary/aromatic N) is 7. The molecule has 0 atom stereocenters. The van der Waals surface area contributed by atoms with Crippen LogP contribution in [-0.2, 0) is 37.0 Å². The van der Waals surface area contributed by atoms with Crippen molar-refractivity contribution in [2.45, 2.75) is 38.7 Å². The summed E-state index contributed by atoms with van der Waals surface area (Å²) in [6.45, 7) is 0.455. The number of fused-ring (bicyclic) bond motifs is 1. The van der Waals surface area contributed by atoms with Gasteiger partial charge in [0.25, 0.3) is 5.56 Å².